The number of carbonyl (C=O) groups excluding carboxylic acids is 1. The van der Waals surface area contributed by atoms with E-state index < -0.39 is 0 Å². The molecule has 0 radical (unpaired) electrons. The Morgan fingerprint density at radius 2 is 2.07 bits per heavy atom. The average molecular weight is 420 g/mol. The summed E-state index contributed by atoms with van der Waals surface area (Å²) in [4.78, 5) is 17.2. The summed E-state index contributed by atoms with van der Waals surface area (Å²) in [6, 6.07) is 12.4. The van der Waals surface area contributed by atoms with Crippen molar-refractivity contribution in [2.24, 2.45) is 5.92 Å². The van der Waals surface area contributed by atoms with Gasteiger partial charge in [0.25, 0.3) is 0 Å². The Labute approximate surface area is 181 Å². The van der Waals surface area contributed by atoms with Crippen LogP contribution in [-0.2, 0) is 17.6 Å². The van der Waals surface area contributed by atoms with Crippen molar-refractivity contribution in [2.75, 3.05) is 25.0 Å². The Morgan fingerprint density at radius 1 is 1.20 bits per heavy atom. The Hall–Kier alpha value is -2.56. The van der Waals surface area contributed by atoms with Gasteiger partial charge in [-0.1, -0.05) is 29.8 Å². The van der Waals surface area contributed by atoms with Gasteiger partial charge in [0.1, 0.15) is 0 Å². The van der Waals surface area contributed by atoms with E-state index in [9.17, 15) is 4.79 Å². The Morgan fingerprint density at radius 3 is 2.87 bits per heavy atom. The fraction of sp³-hybridized carbons (Fsp3) is 0.320. The normalized spacial score (nSPS) is 19.0. The lowest BCUT2D eigenvalue weighted by Gasteiger charge is -2.28. The van der Waals surface area contributed by atoms with Crippen molar-refractivity contribution in [1.82, 2.24) is 9.88 Å². The van der Waals surface area contributed by atoms with E-state index in [1.54, 1.807) is 6.92 Å². The van der Waals surface area contributed by atoms with Crippen molar-refractivity contribution in [1.29, 1.82) is 0 Å². The molecule has 154 valence electrons. The third-order valence-corrected chi connectivity index (χ3v) is 6.58. The van der Waals surface area contributed by atoms with E-state index in [0.717, 1.165) is 55.1 Å². The standard InChI is InChI=1S/C25H26ClN3O/c1-16(30)28-22-4-2-19-10-17(11-20(19)12-22)15-29-8-6-18(7-9-29)24-14-27-25-13-21(26)3-5-23(24)25/h2-6,12-14,17,27H,7-11,15H2,1H3,(H,28,30). The highest BCUT2D eigenvalue weighted by Crippen LogP contribution is 2.33. The average Bonchev–Trinajstić information content (AvgIpc) is 3.31. The van der Waals surface area contributed by atoms with Crippen molar-refractivity contribution in [3.8, 4) is 0 Å². The lowest BCUT2D eigenvalue weighted by molar-refractivity contribution is -0.114. The van der Waals surface area contributed by atoms with Gasteiger partial charge in [-0.25, -0.2) is 0 Å². The molecule has 2 heterocycles. The van der Waals surface area contributed by atoms with E-state index in [2.05, 4.69) is 45.7 Å². The van der Waals surface area contributed by atoms with Crippen LogP contribution in [0.2, 0.25) is 5.02 Å². The molecule has 1 aromatic heterocycles. The summed E-state index contributed by atoms with van der Waals surface area (Å²) in [7, 11) is 0. The second-order valence-corrected chi connectivity index (χ2v) is 9.01. The fourth-order valence-corrected chi connectivity index (χ4v) is 5.14. The van der Waals surface area contributed by atoms with Crippen LogP contribution in [0.3, 0.4) is 0 Å². The fourth-order valence-electron chi connectivity index (χ4n) is 4.97. The van der Waals surface area contributed by atoms with Gasteiger partial charge in [0.15, 0.2) is 0 Å². The number of anilines is 1. The number of H-pyrrole nitrogens is 1. The van der Waals surface area contributed by atoms with Gasteiger partial charge in [-0.05, 0) is 66.1 Å². The molecule has 0 spiro atoms. The van der Waals surface area contributed by atoms with Crippen molar-refractivity contribution in [3.63, 3.8) is 0 Å². The first-order valence-corrected chi connectivity index (χ1v) is 11.0. The van der Waals surface area contributed by atoms with Gasteiger partial charge in [0, 0.05) is 59.9 Å². The van der Waals surface area contributed by atoms with Gasteiger partial charge in [0.2, 0.25) is 5.91 Å². The lowest BCUT2D eigenvalue weighted by atomic mass is 9.97. The SMILES string of the molecule is CC(=O)Nc1ccc2c(c1)CC(CN1CC=C(c3c[nH]c4cc(Cl)ccc34)CC1)C2. The third kappa shape index (κ3) is 3.90. The van der Waals surface area contributed by atoms with Crippen molar-refractivity contribution >= 4 is 39.7 Å². The summed E-state index contributed by atoms with van der Waals surface area (Å²) < 4.78 is 0. The van der Waals surface area contributed by atoms with E-state index in [-0.39, 0.29) is 5.91 Å². The first kappa shape index (κ1) is 19.4. The number of benzene rings is 2. The van der Waals surface area contributed by atoms with Crippen LogP contribution in [0.15, 0.2) is 48.7 Å². The number of fused-ring (bicyclic) bond motifs is 2. The van der Waals surface area contributed by atoms with Gasteiger partial charge < -0.3 is 10.3 Å². The number of hydrogen-bond acceptors (Lipinski definition) is 2. The van der Waals surface area contributed by atoms with Crippen LogP contribution in [0.1, 0.15) is 30.0 Å². The minimum Gasteiger partial charge on any atom is -0.361 e. The molecular weight excluding hydrogens is 394 g/mol. The van der Waals surface area contributed by atoms with E-state index in [0.29, 0.717) is 5.92 Å². The van der Waals surface area contributed by atoms with E-state index >= 15 is 0 Å². The van der Waals surface area contributed by atoms with Crippen LogP contribution in [0.5, 0.6) is 0 Å². The number of carbonyl (C=O) groups is 1. The minimum absolute atomic E-state index is 0.0151. The van der Waals surface area contributed by atoms with Crippen molar-refractivity contribution in [2.45, 2.75) is 26.2 Å². The lowest BCUT2D eigenvalue weighted by Crippen LogP contribution is -2.33. The van der Waals surface area contributed by atoms with Crippen molar-refractivity contribution < 1.29 is 4.79 Å². The van der Waals surface area contributed by atoms with Gasteiger partial charge >= 0.3 is 0 Å². The summed E-state index contributed by atoms with van der Waals surface area (Å²) in [6.45, 7) is 4.77. The molecule has 2 aliphatic rings. The van der Waals surface area contributed by atoms with Crippen LogP contribution < -0.4 is 5.32 Å². The molecule has 1 aliphatic heterocycles. The van der Waals surface area contributed by atoms with Crippen molar-refractivity contribution in [3.05, 3.63) is 70.4 Å². The van der Waals surface area contributed by atoms with Gasteiger partial charge in [-0.3, -0.25) is 9.69 Å². The monoisotopic (exact) mass is 419 g/mol. The number of nitrogens with one attached hydrogen (secondary N) is 2. The van der Waals surface area contributed by atoms with Gasteiger partial charge in [-0.2, -0.15) is 0 Å². The van der Waals surface area contributed by atoms with E-state index in [1.807, 2.05) is 18.2 Å². The Kier molecular flexibility index (Phi) is 5.13. The molecule has 5 heteroatoms. The number of hydrogen-bond donors (Lipinski definition) is 2. The predicted molar refractivity (Wildman–Crippen MR) is 124 cm³/mol. The number of halogens is 1. The predicted octanol–water partition coefficient (Wildman–Crippen LogP) is 5.28. The summed E-state index contributed by atoms with van der Waals surface area (Å²) in [5, 5.41) is 4.91. The highest BCUT2D eigenvalue weighted by atomic mass is 35.5. The maximum absolute atomic E-state index is 11.3. The second-order valence-electron chi connectivity index (χ2n) is 8.57. The molecule has 5 rings (SSSR count). The molecule has 30 heavy (non-hydrogen) atoms. The number of nitrogens with zero attached hydrogens (tertiary/aromatic N) is 1. The number of amides is 1. The van der Waals surface area contributed by atoms with Crippen LogP contribution in [0.25, 0.3) is 16.5 Å². The summed E-state index contributed by atoms with van der Waals surface area (Å²) in [5.74, 6) is 0.636. The molecule has 0 fully saturated rings. The Balaban J connectivity index is 1.23. The molecule has 4 nitrogen and oxygen atoms in total. The summed E-state index contributed by atoms with van der Waals surface area (Å²) in [5.41, 5.74) is 7.56. The molecule has 1 atom stereocenters. The minimum atomic E-state index is -0.0151. The molecule has 0 bridgehead atoms. The number of aromatic nitrogens is 1. The highest BCUT2D eigenvalue weighted by molar-refractivity contribution is 6.31. The maximum atomic E-state index is 11.3. The Bertz CT molecular complexity index is 1150. The number of rotatable bonds is 4. The largest absolute Gasteiger partial charge is 0.361 e. The molecule has 1 amide bonds. The smallest absolute Gasteiger partial charge is 0.221 e. The molecular formula is C25H26ClN3O. The quantitative estimate of drug-likeness (QED) is 0.604. The first-order valence-electron chi connectivity index (χ1n) is 10.6. The van der Waals surface area contributed by atoms with Crippen LogP contribution >= 0.6 is 11.6 Å². The molecule has 1 aliphatic carbocycles. The van der Waals surface area contributed by atoms with Crippen LogP contribution in [0.4, 0.5) is 5.69 Å². The molecule has 0 saturated carbocycles. The second kappa shape index (κ2) is 7.93. The van der Waals surface area contributed by atoms with Gasteiger partial charge in [-0.15, -0.1) is 0 Å². The molecule has 1 unspecified atom stereocenters. The van der Waals surface area contributed by atoms with Crippen LogP contribution in [0, 0.1) is 5.92 Å². The molecule has 3 aromatic rings. The topological polar surface area (TPSA) is 48.1 Å². The highest BCUT2D eigenvalue weighted by Gasteiger charge is 2.25. The van der Waals surface area contributed by atoms with Crippen LogP contribution in [-0.4, -0.2) is 35.4 Å². The number of aromatic amines is 1. The molecule has 2 N–H and O–H groups in total. The maximum Gasteiger partial charge on any atom is 0.221 e. The molecule has 0 saturated heterocycles. The summed E-state index contributed by atoms with van der Waals surface area (Å²) in [6.07, 6.45) is 7.80. The van der Waals surface area contributed by atoms with E-state index in [4.69, 9.17) is 11.6 Å². The van der Waals surface area contributed by atoms with E-state index in [1.165, 1.54) is 27.6 Å². The zero-order valence-electron chi connectivity index (χ0n) is 17.2. The first-order chi connectivity index (χ1) is 14.5. The molecule has 2 aromatic carbocycles. The van der Waals surface area contributed by atoms with Gasteiger partial charge in [0.05, 0.1) is 0 Å². The summed E-state index contributed by atoms with van der Waals surface area (Å²) >= 11 is 6.12. The zero-order valence-corrected chi connectivity index (χ0v) is 17.9. The third-order valence-electron chi connectivity index (χ3n) is 6.34. The zero-order chi connectivity index (χ0) is 20.7.